The first-order chi connectivity index (χ1) is 12.6. The topological polar surface area (TPSA) is 42.2 Å². The van der Waals surface area contributed by atoms with Crippen LogP contribution in [0.2, 0.25) is 0 Å². The average Bonchev–Trinajstić information content (AvgIpc) is 3.04. The van der Waals surface area contributed by atoms with E-state index in [0.717, 1.165) is 37.9 Å². The number of hydrogen-bond donors (Lipinski definition) is 1. The fourth-order valence-electron chi connectivity index (χ4n) is 3.31. The number of rotatable bonds is 4. The summed E-state index contributed by atoms with van der Waals surface area (Å²) in [6, 6.07) is 26.2. The summed E-state index contributed by atoms with van der Waals surface area (Å²) in [6.45, 7) is 0. The summed E-state index contributed by atoms with van der Waals surface area (Å²) in [7, 11) is 0. The zero-order chi connectivity index (χ0) is 18.1. The first kappa shape index (κ1) is 16.6. The van der Waals surface area contributed by atoms with Crippen LogP contribution in [0.25, 0.3) is 27.7 Å². The standard InChI is InChI=1S/C22H16BrNO2/c23-17-10-8-16(9-11-17)20-13-12-18(14-22(25)26)24(20)21-7-3-5-15-4-1-2-6-19(15)21/h1-13H,14H2,(H,25,26). The maximum Gasteiger partial charge on any atom is 0.309 e. The molecule has 0 aliphatic rings. The van der Waals surface area contributed by atoms with Gasteiger partial charge >= 0.3 is 5.97 Å². The second-order valence-electron chi connectivity index (χ2n) is 6.12. The number of fused-ring (bicyclic) bond motifs is 1. The predicted molar refractivity (Wildman–Crippen MR) is 108 cm³/mol. The lowest BCUT2D eigenvalue weighted by Crippen LogP contribution is -2.08. The Bertz CT molecular complexity index is 1090. The quantitative estimate of drug-likeness (QED) is 0.473. The van der Waals surface area contributed by atoms with E-state index in [0.29, 0.717) is 0 Å². The first-order valence-electron chi connectivity index (χ1n) is 8.30. The number of carboxylic acids is 1. The number of halogens is 1. The summed E-state index contributed by atoms with van der Waals surface area (Å²) in [4.78, 5) is 11.4. The van der Waals surface area contributed by atoms with Crippen molar-refractivity contribution < 1.29 is 9.90 Å². The van der Waals surface area contributed by atoms with Crippen molar-refractivity contribution >= 4 is 32.7 Å². The number of carbonyl (C=O) groups is 1. The van der Waals surface area contributed by atoms with Gasteiger partial charge in [0.1, 0.15) is 0 Å². The minimum Gasteiger partial charge on any atom is -0.481 e. The van der Waals surface area contributed by atoms with Crippen LogP contribution in [-0.4, -0.2) is 15.6 Å². The van der Waals surface area contributed by atoms with E-state index in [1.807, 2.05) is 60.7 Å². The van der Waals surface area contributed by atoms with Crippen LogP contribution in [0.4, 0.5) is 0 Å². The molecule has 4 rings (SSSR count). The maximum absolute atomic E-state index is 11.4. The number of aliphatic carboxylic acids is 1. The van der Waals surface area contributed by atoms with Gasteiger partial charge in [-0.1, -0.05) is 64.5 Å². The molecular weight excluding hydrogens is 390 g/mol. The highest BCUT2D eigenvalue weighted by Crippen LogP contribution is 2.31. The highest BCUT2D eigenvalue weighted by molar-refractivity contribution is 9.10. The SMILES string of the molecule is O=C(O)Cc1ccc(-c2ccc(Br)cc2)n1-c1cccc2ccccc12. The molecule has 0 amide bonds. The van der Waals surface area contributed by atoms with Crippen molar-refractivity contribution in [2.45, 2.75) is 6.42 Å². The molecule has 4 aromatic rings. The first-order valence-corrected chi connectivity index (χ1v) is 9.09. The van der Waals surface area contributed by atoms with Crippen LogP contribution >= 0.6 is 15.9 Å². The Labute approximate surface area is 159 Å². The largest absolute Gasteiger partial charge is 0.481 e. The molecule has 1 N–H and O–H groups in total. The molecule has 0 aliphatic heterocycles. The summed E-state index contributed by atoms with van der Waals surface area (Å²) >= 11 is 3.47. The van der Waals surface area contributed by atoms with Crippen LogP contribution in [0.3, 0.4) is 0 Å². The molecule has 3 nitrogen and oxygen atoms in total. The predicted octanol–water partition coefficient (Wildman–Crippen LogP) is 5.69. The monoisotopic (exact) mass is 405 g/mol. The molecule has 3 aromatic carbocycles. The maximum atomic E-state index is 11.4. The third-order valence-corrected chi connectivity index (χ3v) is 4.97. The minimum atomic E-state index is -0.841. The van der Waals surface area contributed by atoms with Gasteiger partial charge in [-0.05, 0) is 41.3 Å². The summed E-state index contributed by atoms with van der Waals surface area (Å²) in [5.41, 5.74) is 3.76. The molecule has 0 radical (unpaired) electrons. The second-order valence-corrected chi connectivity index (χ2v) is 7.04. The van der Waals surface area contributed by atoms with Crippen molar-refractivity contribution in [2.24, 2.45) is 0 Å². The van der Waals surface area contributed by atoms with Gasteiger partial charge in [-0.2, -0.15) is 0 Å². The Balaban J connectivity index is 1.99. The lowest BCUT2D eigenvalue weighted by Gasteiger charge is -2.16. The third-order valence-electron chi connectivity index (χ3n) is 4.44. The van der Waals surface area contributed by atoms with Gasteiger partial charge in [-0.3, -0.25) is 4.79 Å². The van der Waals surface area contributed by atoms with Gasteiger partial charge in [0.25, 0.3) is 0 Å². The molecular formula is C22H16BrNO2. The van der Waals surface area contributed by atoms with Crippen LogP contribution in [0.5, 0.6) is 0 Å². The van der Waals surface area contributed by atoms with Crippen LogP contribution in [0.1, 0.15) is 5.69 Å². The van der Waals surface area contributed by atoms with Crippen molar-refractivity contribution in [1.82, 2.24) is 4.57 Å². The Hall–Kier alpha value is -2.85. The molecule has 0 bridgehead atoms. The Kier molecular flexibility index (Phi) is 4.35. The normalized spacial score (nSPS) is 11.0. The van der Waals surface area contributed by atoms with E-state index in [-0.39, 0.29) is 6.42 Å². The number of hydrogen-bond acceptors (Lipinski definition) is 1. The van der Waals surface area contributed by atoms with E-state index in [1.165, 1.54) is 0 Å². The lowest BCUT2D eigenvalue weighted by molar-refractivity contribution is -0.136. The third kappa shape index (κ3) is 3.04. The molecule has 0 aliphatic carbocycles. The molecule has 0 spiro atoms. The Morgan fingerprint density at radius 1 is 0.885 bits per heavy atom. The van der Waals surface area contributed by atoms with Gasteiger partial charge in [0.2, 0.25) is 0 Å². The highest BCUT2D eigenvalue weighted by Gasteiger charge is 2.16. The van der Waals surface area contributed by atoms with E-state index in [2.05, 4.69) is 38.7 Å². The smallest absolute Gasteiger partial charge is 0.309 e. The highest BCUT2D eigenvalue weighted by atomic mass is 79.9. The van der Waals surface area contributed by atoms with E-state index in [4.69, 9.17) is 0 Å². The van der Waals surface area contributed by atoms with E-state index < -0.39 is 5.97 Å². The van der Waals surface area contributed by atoms with Gasteiger partial charge in [0.05, 0.1) is 17.8 Å². The van der Waals surface area contributed by atoms with Crippen LogP contribution in [0.15, 0.2) is 83.3 Å². The van der Waals surface area contributed by atoms with Gasteiger partial charge in [-0.15, -0.1) is 0 Å². The second kappa shape index (κ2) is 6.81. The molecule has 0 saturated carbocycles. The summed E-state index contributed by atoms with van der Waals surface area (Å²) in [5.74, 6) is -0.841. The van der Waals surface area contributed by atoms with Crippen LogP contribution in [-0.2, 0) is 11.2 Å². The van der Waals surface area contributed by atoms with E-state index in [9.17, 15) is 9.90 Å². The molecule has 128 valence electrons. The number of aromatic nitrogens is 1. The Morgan fingerprint density at radius 3 is 2.38 bits per heavy atom. The van der Waals surface area contributed by atoms with E-state index in [1.54, 1.807) is 0 Å². The molecule has 1 aromatic heterocycles. The molecule has 0 saturated heterocycles. The average molecular weight is 406 g/mol. The summed E-state index contributed by atoms with van der Waals surface area (Å²) in [5, 5.41) is 11.6. The fourth-order valence-corrected chi connectivity index (χ4v) is 3.57. The van der Waals surface area contributed by atoms with Crippen molar-refractivity contribution in [3.63, 3.8) is 0 Å². The van der Waals surface area contributed by atoms with Gasteiger partial charge < -0.3 is 9.67 Å². The number of nitrogens with zero attached hydrogens (tertiary/aromatic N) is 1. The van der Waals surface area contributed by atoms with Crippen molar-refractivity contribution in [3.05, 3.63) is 89.0 Å². The minimum absolute atomic E-state index is 0.0280. The summed E-state index contributed by atoms with van der Waals surface area (Å²) in [6.07, 6.45) is -0.0280. The van der Waals surface area contributed by atoms with Gasteiger partial charge in [0, 0.05) is 15.6 Å². The molecule has 0 unspecified atom stereocenters. The van der Waals surface area contributed by atoms with Crippen molar-refractivity contribution in [3.8, 4) is 16.9 Å². The molecule has 4 heteroatoms. The molecule has 26 heavy (non-hydrogen) atoms. The number of carboxylic acid groups (broad SMARTS) is 1. The van der Waals surface area contributed by atoms with Gasteiger partial charge in [0.15, 0.2) is 0 Å². The van der Waals surface area contributed by atoms with Gasteiger partial charge in [-0.25, -0.2) is 0 Å². The van der Waals surface area contributed by atoms with E-state index >= 15 is 0 Å². The zero-order valence-corrected chi connectivity index (χ0v) is 15.5. The Morgan fingerprint density at radius 2 is 1.62 bits per heavy atom. The van der Waals surface area contributed by atoms with Crippen molar-refractivity contribution in [2.75, 3.05) is 0 Å². The lowest BCUT2D eigenvalue weighted by atomic mass is 10.1. The molecule has 0 fully saturated rings. The van der Waals surface area contributed by atoms with Crippen LogP contribution in [0, 0.1) is 0 Å². The molecule has 0 atom stereocenters. The van der Waals surface area contributed by atoms with Crippen molar-refractivity contribution in [1.29, 1.82) is 0 Å². The summed E-state index contributed by atoms with van der Waals surface area (Å²) < 4.78 is 3.06. The molecule has 1 heterocycles. The zero-order valence-electron chi connectivity index (χ0n) is 13.9. The number of benzene rings is 3. The fraction of sp³-hybridized carbons (Fsp3) is 0.0455. The van der Waals surface area contributed by atoms with Crippen LogP contribution < -0.4 is 0 Å².